The molecular formula is C30H35FN2O4. The Hall–Kier alpha value is -3.45. The lowest BCUT2D eigenvalue weighted by Crippen LogP contribution is -2.26. The van der Waals surface area contributed by atoms with E-state index >= 15 is 0 Å². The summed E-state index contributed by atoms with van der Waals surface area (Å²) in [5.41, 5.74) is 5.37. The molecule has 0 amide bonds. The third kappa shape index (κ3) is 6.10. The number of benzene rings is 2. The van der Waals surface area contributed by atoms with Crippen LogP contribution in [0.15, 0.2) is 48.7 Å². The van der Waals surface area contributed by atoms with Gasteiger partial charge in [0, 0.05) is 24.2 Å². The number of carbonyl (C=O) groups is 1. The summed E-state index contributed by atoms with van der Waals surface area (Å²) in [5.74, 6) is -0.491. The second-order valence-corrected chi connectivity index (χ2v) is 10.2. The fourth-order valence-corrected chi connectivity index (χ4v) is 4.61. The Bertz CT molecular complexity index is 1280. The van der Waals surface area contributed by atoms with Crippen molar-refractivity contribution in [3.05, 3.63) is 76.7 Å². The summed E-state index contributed by atoms with van der Waals surface area (Å²) < 4.78 is 26.6. The zero-order valence-electron chi connectivity index (χ0n) is 22.1. The van der Waals surface area contributed by atoms with E-state index in [-0.39, 0.29) is 6.10 Å². The summed E-state index contributed by atoms with van der Waals surface area (Å²) in [7, 11) is 3.57. The molecule has 0 spiro atoms. The number of carboxylic acid groups (broad SMARTS) is 1. The van der Waals surface area contributed by atoms with Crippen LogP contribution in [0.5, 0.6) is 11.6 Å². The minimum atomic E-state index is -0.807. The number of halogens is 1. The Balaban J connectivity index is 1.67. The average Bonchev–Trinajstić information content (AvgIpc) is 2.88. The Morgan fingerprint density at radius 1 is 1.19 bits per heavy atom. The Labute approximate surface area is 218 Å². The lowest BCUT2D eigenvalue weighted by molar-refractivity contribution is -0.141. The predicted molar refractivity (Wildman–Crippen MR) is 141 cm³/mol. The van der Waals surface area contributed by atoms with Gasteiger partial charge in [-0.25, -0.2) is 9.37 Å². The molecule has 0 saturated heterocycles. The van der Waals surface area contributed by atoms with Crippen LogP contribution in [-0.2, 0) is 24.2 Å². The van der Waals surface area contributed by atoms with E-state index in [1.54, 1.807) is 13.0 Å². The maximum atomic E-state index is 14.9. The third-order valence-electron chi connectivity index (χ3n) is 7.17. The summed E-state index contributed by atoms with van der Waals surface area (Å²) in [6, 6.07) is 14.0. The van der Waals surface area contributed by atoms with Crippen molar-refractivity contribution < 1.29 is 23.8 Å². The van der Waals surface area contributed by atoms with E-state index in [1.165, 1.54) is 13.3 Å². The van der Waals surface area contributed by atoms with E-state index in [0.29, 0.717) is 30.5 Å². The molecule has 0 radical (unpaired) electrons. The molecule has 1 N–H and O–H groups in total. The van der Waals surface area contributed by atoms with Crippen LogP contribution >= 0.6 is 0 Å². The number of fused-ring (bicyclic) bond motifs is 1. The van der Waals surface area contributed by atoms with Crippen LogP contribution in [-0.4, -0.2) is 41.2 Å². The molecule has 1 aliphatic heterocycles. The number of nitrogens with zero attached hydrogens (tertiary/aromatic N) is 2. The lowest BCUT2D eigenvalue weighted by atomic mass is 9.91. The first kappa shape index (κ1) is 26.6. The second-order valence-electron chi connectivity index (χ2n) is 10.2. The Morgan fingerprint density at radius 2 is 1.97 bits per heavy atom. The largest absolute Gasteiger partial charge is 0.485 e. The zero-order valence-corrected chi connectivity index (χ0v) is 22.1. The highest BCUT2D eigenvalue weighted by Gasteiger charge is 2.24. The molecule has 7 heteroatoms. The number of carboxylic acids is 1. The third-order valence-corrected chi connectivity index (χ3v) is 7.17. The average molecular weight is 507 g/mol. The van der Waals surface area contributed by atoms with Gasteiger partial charge in [0.1, 0.15) is 17.7 Å². The monoisotopic (exact) mass is 506 g/mol. The lowest BCUT2D eigenvalue weighted by Gasteiger charge is -2.29. The molecule has 1 aliphatic rings. The molecule has 1 unspecified atom stereocenters. The topological polar surface area (TPSA) is 71.9 Å². The molecule has 4 rings (SSSR count). The van der Waals surface area contributed by atoms with Crippen molar-refractivity contribution in [1.29, 1.82) is 0 Å². The number of ether oxygens (including phenoxy) is 2. The highest BCUT2D eigenvalue weighted by atomic mass is 19.1. The number of pyridine rings is 1. The Morgan fingerprint density at radius 3 is 2.68 bits per heavy atom. The van der Waals surface area contributed by atoms with Crippen LogP contribution < -0.4 is 9.47 Å². The van der Waals surface area contributed by atoms with Crippen molar-refractivity contribution >= 4 is 5.97 Å². The molecule has 0 fully saturated rings. The minimum Gasteiger partial charge on any atom is -0.485 e. The van der Waals surface area contributed by atoms with Crippen LogP contribution in [0.2, 0.25) is 0 Å². The molecule has 6 nitrogen and oxygen atoms in total. The second kappa shape index (κ2) is 11.3. The molecule has 1 aromatic heterocycles. The van der Waals surface area contributed by atoms with E-state index < -0.39 is 17.7 Å². The number of aryl methyl sites for hydroxylation is 1. The van der Waals surface area contributed by atoms with Gasteiger partial charge >= 0.3 is 5.97 Å². The van der Waals surface area contributed by atoms with E-state index in [1.807, 2.05) is 30.3 Å². The van der Waals surface area contributed by atoms with Gasteiger partial charge in [-0.05, 0) is 74.0 Å². The van der Waals surface area contributed by atoms with E-state index in [0.717, 1.165) is 46.4 Å². The number of methoxy groups -OCH3 is 1. The fourth-order valence-electron chi connectivity index (χ4n) is 4.61. The summed E-state index contributed by atoms with van der Waals surface area (Å²) in [6.07, 6.45) is 3.20. The molecular weight excluding hydrogens is 471 g/mol. The van der Waals surface area contributed by atoms with Crippen LogP contribution in [0, 0.1) is 11.7 Å². The first-order valence-electron chi connectivity index (χ1n) is 12.7. The van der Waals surface area contributed by atoms with Crippen molar-refractivity contribution in [2.45, 2.75) is 58.7 Å². The maximum Gasteiger partial charge on any atom is 0.306 e. The number of hydrogen-bond acceptors (Lipinski definition) is 5. The number of aromatic nitrogens is 1. The first-order valence-corrected chi connectivity index (χ1v) is 12.7. The molecule has 0 saturated carbocycles. The van der Waals surface area contributed by atoms with E-state index in [9.17, 15) is 14.3 Å². The quantitative estimate of drug-likeness (QED) is 0.380. The molecule has 0 aliphatic carbocycles. The molecule has 2 aromatic carbocycles. The maximum absolute atomic E-state index is 14.9. The van der Waals surface area contributed by atoms with Gasteiger partial charge in [0.25, 0.3) is 0 Å². The molecule has 2 heterocycles. The molecule has 196 valence electrons. The van der Waals surface area contributed by atoms with E-state index in [4.69, 9.17) is 9.47 Å². The minimum absolute atomic E-state index is 0.145. The van der Waals surface area contributed by atoms with Crippen molar-refractivity contribution in [2.24, 2.45) is 5.92 Å². The normalized spacial score (nSPS) is 15.8. The van der Waals surface area contributed by atoms with Gasteiger partial charge in [-0.3, -0.25) is 9.69 Å². The number of hydrogen-bond donors (Lipinski definition) is 1. The van der Waals surface area contributed by atoms with Crippen LogP contribution in [0.25, 0.3) is 11.1 Å². The van der Waals surface area contributed by atoms with Gasteiger partial charge in [0.2, 0.25) is 5.88 Å². The van der Waals surface area contributed by atoms with Gasteiger partial charge in [-0.1, -0.05) is 37.3 Å². The molecule has 37 heavy (non-hydrogen) atoms. The van der Waals surface area contributed by atoms with Crippen molar-refractivity contribution in [3.8, 4) is 22.8 Å². The van der Waals surface area contributed by atoms with Gasteiger partial charge in [0.05, 0.1) is 19.2 Å². The molecule has 2 atom stereocenters. The predicted octanol–water partition coefficient (Wildman–Crippen LogP) is 6.07. The van der Waals surface area contributed by atoms with E-state index in [2.05, 4.69) is 36.8 Å². The van der Waals surface area contributed by atoms with Gasteiger partial charge < -0.3 is 14.6 Å². The summed E-state index contributed by atoms with van der Waals surface area (Å²) in [5, 5.41) is 9.28. The van der Waals surface area contributed by atoms with Crippen molar-refractivity contribution in [1.82, 2.24) is 9.88 Å². The van der Waals surface area contributed by atoms with Gasteiger partial charge in [0.15, 0.2) is 0 Å². The van der Waals surface area contributed by atoms with Gasteiger partial charge in [-0.2, -0.15) is 0 Å². The highest BCUT2D eigenvalue weighted by molar-refractivity contribution is 5.70. The van der Waals surface area contributed by atoms with Gasteiger partial charge in [-0.15, -0.1) is 0 Å². The molecule has 3 aromatic rings. The fraction of sp³-hybridized carbons (Fsp3) is 0.400. The van der Waals surface area contributed by atoms with Crippen LogP contribution in [0.1, 0.15) is 55.5 Å². The summed E-state index contributed by atoms with van der Waals surface area (Å²) >= 11 is 0. The number of rotatable bonds is 9. The molecule has 0 bridgehead atoms. The number of aliphatic carboxylic acids is 1. The standard InChI is InChI=1S/C30H35FN2O4/c1-18(2)33(4)17-23-14-22(8-10-24(23)25-15-29(36-5)32-16-26(25)31)27-11-9-21-7-6-20(13-28(21)37-27)12-19(3)30(34)35/h6-8,10,13-16,18-19,27H,9,11-12,17H2,1-5H3,(H,34,35)/t19?,27-/m0/s1. The smallest absolute Gasteiger partial charge is 0.306 e. The van der Waals surface area contributed by atoms with Crippen LogP contribution in [0.4, 0.5) is 4.39 Å². The zero-order chi connectivity index (χ0) is 26.7. The van der Waals surface area contributed by atoms with Crippen molar-refractivity contribution in [2.75, 3.05) is 14.2 Å². The van der Waals surface area contributed by atoms with Crippen LogP contribution in [0.3, 0.4) is 0 Å². The Kier molecular flexibility index (Phi) is 8.13. The summed E-state index contributed by atoms with van der Waals surface area (Å²) in [6.45, 7) is 6.61. The highest BCUT2D eigenvalue weighted by Crippen LogP contribution is 2.38. The van der Waals surface area contributed by atoms with Crippen molar-refractivity contribution in [3.63, 3.8) is 0 Å². The first-order chi connectivity index (χ1) is 17.7. The summed E-state index contributed by atoms with van der Waals surface area (Å²) in [4.78, 5) is 17.5. The SMILES string of the molecule is COc1cc(-c2ccc([C@@H]3CCc4ccc(CC(C)C(=O)O)cc4O3)cc2CN(C)C(C)C)c(F)cn1.